The Kier molecular flexibility index (Phi) is 4.89. The van der Waals surface area contributed by atoms with Crippen molar-refractivity contribution < 1.29 is 13.2 Å². The van der Waals surface area contributed by atoms with Crippen LogP contribution in [-0.2, 0) is 9.84 Å². The van der Waals surface area contributed by atoms with Gasteiger partial charge in [0.25, 0.3) is 0 Å². The highest BCUT2D eigenvalue weighted by atomic mass is 32.2. The SMILES string of the molecule is CN(c1ccc(NC(=O)Nc2ccccc2)cn1)C1CCS(=O)(=O)C1. The van der Waals surface area contributed by atoms with Crippen LogP contribution in [0.3, 0.4) is 0 Å². The van der Waals surface area contributed by atoms with Crippen molar-refractivity contribution in [1.82, 2.24) is 4.98 Å². The molecule has 2 aromatic rings. The van der Waals surface area contributed by atoms with Crippen LogP contribution in [0.25, 0.3) is 0 Å². The summed E-state index contributed by atoms with van der Waals surface area (Å²) in [6, 6.07) is 12.2. The Morgan fingerprint density at radius 3 is 2.44 bits per heavy atom. The standard InChI is InChI=1S/C17H20N4O3S/c1-21(15-9-10-25(23,24)12-15)16-8-7-14(11-18-16)20-17(22)19-13-5-3-2-4-6-13/h2-8,11,15H,9-10,12H2,1H3,(H2,19,20,22). The van der Waals surface area contributed by atoms with Crippen molar-refractivity contribution in [3.05, 3.63) is 48.7 Å². The fourth-order valence-electron chi connectivity index (χ4n) is 2.75. The summed E-state index contributed by atoms with van der Waals surface area (Å²) in [5.74, 6) is 1.06. The van der Waals surface area contributed by atoms with Crippen LogP contribution < -0.4 is 15.5 Å². The second kappa shape index (κ2) is 7.10. The van der Waals surface area contributed by atoms with Gasteiger partial charge in [0.1, 0.15) is 5.82 Å². The maximum Gasteiger partial charge on any atom is 0.323 e. The van der Waals surface area contributed by atoms with E-state index in [2.05, 4.69) is 15.6 Å². The van der Waals surface area contributed by atoms with E-state index in [1.54, 1.807) is 30.5 Å². The molecule has 1 fully saturated rings. The normalized spacial score (nSPS) is 18.5. The third kappa shape index (κ3) is 4.48. The van der Waals surface area contributed by atoms with Crippen LogP contribution in [0, 0.1) is 0 Å². The molecule has 3 rings (SSSR count). The molecule has 0 saturated carbocycles. The van der Waals surface area contributed by atoms with E-state index in [-0.39, 0.29) is 23.6 Å². The molecule has 0 aliphatic carbocycles. The van der Waals surface area contributed by atoms with E-state index < -0.39 is 9.84 Å². The molecule has 1 unspecified atom stereocenters. The summed E-state index contributed by atoms with van der Waals surface area (Å²) < 4.78 is 23.2. The van der Waals surface area contributed by atoms with Gasteiger partial charge < -0.3 is 15.5 Å². The molecule has 0 radical (unpaired) electrons. The lowest BCUT2D eigenvalue weighted by Crippen LogP contribution is -2.33. The molecule has 2 N–H and O–H groups in total. The van der Waals surface area contributed by atoms with Crippen LogP contribution in [0.2, 0.25) is 0 Å². The number of carbonyl (C=O) groups is 1. The molecule has 1 atom stereocenters. The highest BCUT2D eigenvalue weighted by Crippen LogP contribution is 2.22. The minimum absolute atomic E-state index is 0.0577. The molecule has 2 heterocycles. The highest BCUT2D eigenvalue weighted by Gasteiger charge is 2.31. The lowest BCUT2D eigenvalue weighted by atomic mass is 10.2. The molecule has 1 aliphatic rings. The Morgan fingerprint density at radius 1 is 1.12 bits per heavy atom. The Bertz CT molecular complexity index is 838. The van der Waals surface area contributed by atoms with E-state index in [9.17, 15) is 13.2 Å². The number of benzene rings is 1. The zero-order valence-electron chi connectivity index (χ0n) is 13.8. The molecule has 25 heavy (non-hydrogen) atoms. The van der Waals surface area contributed by atoms with Crippen LogP contribution in [0.5, 0.6) is 0 Å². The van der Waals surface area contributed by atoms with Crippen molar-refractivity contribution in [2.75, 3.05) is 34.1 Å². The van der Waals surface area contributed by atoms with Gasteiger partial charge in [0.05, 0.1) is 23.4 Å². The van der Waals surface area contributed by atoms with Crippen molar-refractivity contribution in [3.8, 4) is 0 Å². The number of pyridine rings is 1. The van der Waals surface area contributed by atoms with Gasteiger partial charge in [-0.1, -0.05) is 18.2 Å². The number of aromatic nitrogens is 1. The summed E-state index contributed by atoms with van der Waals surface area (Å²) in [6.45, 7) is 0. The molecule has 0 bridgehead atoms. The van der Waals surface area contributed by atoms with Gasteiger partial charge in [-0.05, 0) is 30.7 Å². The Hall–Kier alpha value is -2.61. The van der Waals surface area contributed by atoms with Crippen molar-refractivity contribution in [1.29, 1.82) is 0 Å². The highest BCUT2D eigenvalue weighted by molar-refractivity contribution is 7.91. The van der Waals surface area contributed by atoms with Gasteiger partial charge in [0.2, 0.25) is 0 Å². The summed E-state index contributed by atoms with van der Waals surface area (Å²) in [5.41, 5.74) is 1.26. The lowest BCUT2D eigenvalue weighted by molar-refractivity contribution is 0.262. The van der Waals surface area contributed by atoms with Crippen LogP contribution >= 0.6 is 0 Å². The monoisotopic (exact) mass is 360 g/mol. The van der Waals surface area contributed by atoms with Crippen LogP contribution in [0.15, 0.2) is 48.7 Å². The lowest BCUT2D eigenvalue weighted by Gasteiger charge is -2.24. The first-order chi connectivity index (χ1) is 11.9. The molecular formula is C17H20N4O3S. The molecule has 1 saturated heterocycles. The van der Waals surface area contributed by atoms with Gasteiger partial charge in [-0.2, -0.15) is 0 Å². The van der Waals surface area contributed by atoms with Crippen LogP contribution in [0.1, 0.15) is 6.42 Å². The zero-order chi connectivity index (χ0) is 17.9. The molecule has 8 heteroatoms. The molecular weight excluding hydrogens is 340 g/mol. The summed E-state index contributed by atoms with van der Waals surface area (Å²) in [4.78, 5) is 18.1. The average Bonchev–Trinajstić information content (AvgIpc) is 2.96. The number of urea groups is 1. The number of nitrogens with one attached hydrogen (secondary N) is 2. The van der Waals surface area contributed by atoms with E-state index >= 15 is 0 Å². The quantitative estimate of drug-likeness (QED) is 0.873. The predicted octanol–water partition coefficient (Wildman–Crippen LogP) is 2.35. The summed E-state index contributed by atoms with van der Waals surface area (Å²) >= 11 is 0. The van der Waals surface area contributed by atoms with Gasteiger partial charge in [0, 0.05) is 18.8 Å². The number of sulfone groups is 1. The van der Waals surface area contributed by atoms with E-state index in [4.69, 9.17) is 0 Å². The van der Waals surface area contributed by atoms with Gasteiger partial charge in [-0.15, -0.1) is 0 Å². The number of rotatable bonds is 4. The molecule has 7 nitrogen and oxygen atoms in total. The molecule has 2 amide bonds. The largest absolute Gasteiger partial charge is 0.356 e. The number of amides is 2. The van der Waals surface area contributed by atoms with Crippen LogP contribution in [0.4, 0.5) is 22.0 Å². The van der Waals surface area contributed by atoms with Crippen molar-refractivity contribution in [2.45, 2.75) is 12.5 Å². The zero-order valence-corrected chi connectivity index (χ0v) is 14.7. The Morgan fingerprint density at radius 2 is 1.84 bits per heavy atom. The van der Waals surface area contributed by atoms with E-state index in [1.165, 1.54) is 0 Å². The van der Waals surface area contributed by atoms with Crippen molar-refractivity contribution in [2.24, 2.45) is 0 Å². The number of anilines is 3. The second-order valence-electron chi connectivity index (χ2n) is 6.02. The van der Waals surface area contributed by atoms with E-state index in [1.807, 2.05) is 30.1 Å². The average molecular weight is 360 g/mol. The first-order valence-corrected chi connectivity index (χ1v) is 9.77. The van der Waals surface area contributed by atoms with Gasteiger partial charge >= 0.3 is 6.03 Å². The first-order valence-electron chi connectivity index (χ1n) is 7.95. The Balaban J connectivity index is 1.59. The fourth-order valence-corrected chi connectivity index (χ4v) is 4.53. The number of hydrogen-bond donors (Lipinski definition) is 2. The number of nitrogens with zero attached hydrogens (tertiary/aromatic N) is 2. The molecule has 1 aromatic carbocycles. The first kappa shape index (κ1) is 17.2. The van der Waals surface area contributed by atoms with Crippen molar-refractivity contribution >= 4 is 33.1 Å². The maximum atomic E-state index is 12.0. The minimum Gasteiger partial charge on any atom is -0.356 e. The summed E-state index contributed by atoms with van der Waals surface area (Å²) in [6.07, 6.45) is 2.17. The molecule has 1 aliphatic heterocycles. The smallest absolute Gasteiger partial charge is 0.323 e. The third-order valence-electron chi connectivity index (χ3n) is 4.15. The van der Waals surface area contributed by atoms with E-state index in [0.29, 0.717) is 23.6 Å². The Labute approximate surface area is 147 Å². The second-order valence-corrected chi connectivity index (χ2v) is 8.25. The minimum atomic E-state index is -2.94. The molecule has 0 spiro atoms. The number of carbonyl (C=O) groups excluding carboxylic acids is 1. The topological polar surface area (TPSA) is 91.4 Å². The van der Waals surface area contributed by atoms with E-state index in [0.717, 1.165) is 0 Å². The predicted molar refractivity (Wildman–Crippen MR) is 98.8 cm³/mol. The maximum absolute atomic E-state index is 12.0. The summed E-state index contributed by atoms with van der Waals surface area (Å²) in [7, 11) is -1.10. The summed E-state index contributed by atoms with van der Waals surface area (Å²) in [5, 5.41) is 5.44. The molecule has 132 valence electrons. The molecule has 1 aromatic heterocycles. The van der Waals surface area contributed by atoms with Gasteiger partial charge in [0.15, 0.2) is 9.84 Å². The number of para-hydroxylation sites is 1. The van der Waals surface area contributed by atoms with Gasteiger partial charge in [-0.3, -0.25) is 0 Å². The fraction of sp³-hybridized carbons (Fsp3) is 0.294. The van der Waals surface area contributed by atoms with Crippen LogP contribution in [-0.4, -0.2) is 44.0 Å². The van der Waals surface area contributed by atoms with Gasteiger partial charge in [-0.25, -0.2) is 18.2 Å². The van der Waals surface area contributed by atoms with Crippen molar-refractivity contribution in [3.63, 3.8) is 0 Å². The number of hydrogen-bond acceptors (Lipinski definition) is 5. The third-order valence-corrected chi connectivity index (χ3v) is 5.91.